The molecule has 2 rings (SSSR count). The van der Waals surface area contributed by atoms with Crippen molar-refractivity contribution in [3.63, 3.8) is 0 Å². The highest BCUT2D eigenvalue weighted by Gasteiger charge is 2.30. The summed E-state index contributed by atoms with van der Waals surface area (Å²) >= 11 is 5.82. The topological polar surface area (TPSA) is 86.8 Å². The van der Waals surface area contributed by atoms with Gasteiger partial charge >= 0.3 is 0 Å². The lowest BCUT2D eigenvalue weighted by Gasteiger charge is -2.31. The van der Waals surface area contributed by atoms with Crippen molar-refractivity contribution in [2.75, 3.05) is 23.7 Å². The number of hydrogen-bond donors (Lipinski definition) is 1. The van der Waals surface area contributed by atoms with Gasteiger partial charge in [-0.15, -0.1) is 0 Å². The van der Waals surface area contributed by atoms with Crippen LogP contribution >= 0.6 is 11.6 Å². The molecule has 0 aliphatic rings. The normalized spacial score (nSPS) is 12.2. The zero-order valence-corrected chi connectivity index (χ0v) is 20.5. The zero-order chi connectivity index (χ0) is 24.6. The highest BCUT2D eigenvalue weighted by molar-refractivity contribution is 7.92. The van der Waals surface area contributed by atoms with Gasteiger partial charge in [-0.3, -0.25) is 13.9 Å². The summed E-state index contributed by atoms with van der Waals surface area (Å²) < 4.78 is 39.4. The molecule has 0 radical (unpaired) electrons. The molecule has 0 heterocycles. The van der Waals surface area contributed by atoms with E-state index in [4.69, 9.17) is 11.6 Å². The molecule has 0 aliphatic carbocycles. The first kappa shape index (κ1) is 26.6. The van der Waals surface area contributed by atoms with Gasteiger partial charge in [-0.25, -0.2) is 12.8 Å². The van der Waals surface area contributed by atoms with E-state index in [2.05, 4.69) is 5.32 Å². The van der Waals surface area contributed by atoms with Crippen LogP contribution in [0.15, 0.2) is 48.5 Å². The molecule has 0 saturated heterocycles. The van der Waals surface area contributed by atoms with Gasteiger partial charge in [0.2, 0.25) is 21.8 Å². The van der Waals surface area contributed by atoms with Gasteiger partial charge in [0.05, 0.1) is 17.0 Å². The van der Waals surface area contributed by atoms with Crippen LogP contribution < -0.4 is 9.62 Å². The summed E-state index contributed by atoms with van der Waals surface area (Å²) in [6.07, 6.45) is 2.66. The molecule has 1 atom stereocenters. The monoisotopic (exact) mass is 497 g/mol. The van der Waals surface area contributed by atoms with Gasteiger partial charge in [-0.2, -0.15) is 0 Å². The maximum absolute atomic E-state index is 13.6. The molecule has 10 heteroatoms. The molecule has 0 bridgehead atoms. The molecule has 0 spiro atoms. The fourth-order valence-corrected chi connectivity index (χ4v) is 4.17. The van der Waals surface area contributed by atoms with Crippen LogP contribution in [0.1, 0.15) is 32.3 Å². The van der Waals surface area contributed by atoms with E-state index in [0.29, 0.717) is 6.54 Å². The number of carbonyl (C=O) groups is 2. The van der Waals surface area contributed by atoms with Gasteiger partial charge in [0.15, 0.2) is 0 Å². The maximum atomic E-state index is 13.6. The number of nitrogens with zero attached hydrogens (tertiary/aromatic N) is 2. The third-order valence-corrected chi connectivity index (χ3v) is 6.49. The second-order valence-electron chi connectivity index (χ2n) is 7.70. The van der Waals surface area contributed by atoms with Gasteiger partial charge in [-0.05, 0) is 37.1 Å². The zero-order valence-electron chi connectivity index (χ0n) is 18.9. The summed E-state index contributed by atoms with van der Waals surface area (Å²) in [5.41, 5.74) is 0.840. The molecule has 2 amide bonds. The Bertz CT molecular complexity index is 1070. The van der Waals surface area contributed by atoms with Crippen molar-refractivity contribution in [3.8, 4) is 0 Å². The number of nitrogens with one attached hydrogen (secondary N) is 1. The molecular weight excluding hydrogens is 469 g/mol. The SMILES string of the molecule is CCCCNC(=O)[C@@H](C)N(Cc1ccccc1)C(=O)CN(c1ccc(F)c(Cl)c1)S(C)(=O)=O. The van der Waals surface area contributed by atoms with Crippen molar-refractivity contribution < 1.29 is 22.4 Å². The Morgan fingerprint density at radius 1 is 1.15 bits per heavy atom. The first-order valence-electron chi connectivity index (χ1n) is 10.6. The second kappa shape index (κ2) is 12.0. The number of carbonyl (C=O) groups excluding carboxylic acids is 2. The Morgan fingerprint density at radius 3 is 2.39 bits per heavy atom. The van der Waals surface area contributed by atoms with Gasteiger partial charge in [0, 0.05) is 13.1 Å². The van der Waals surface area contributed by atoms with E-state index in [1.54, 1.807) is 6.92 Å². The molecule has 0 fully saturated rings. The number of sulfonamides is 1. The van der Waals surface area contributed by atoms with E-state index in [0.717, 1.165) is 41.1 Å². The smallest absolute Gasteiger partial charge is 0.244 e. The number of benzene rings is 2. The lowest BCUT2D eigenvalue weighted by molar-refractivity contribution is -0.139. The molecule has 7 nitrogen and oxygen atoms in total. The molecular formula is C23H29ClFN3O4S. The number of unbranched alkanes of at least 4 members (excludes halogenated alkanes) is 1. The fraction of sp³-hybridized carbons (Fsp3) is 0.391. The predicted molar refractivity (Wildman–Crippen MR) is 128 cm³/mol. The van der Waals surface area contributed by atoms with Crippen LogP contribution in [0.4, 0.5) is 10.1 Å². The minimum atomic E-state index is -3.91. The third-order valence-electron chi connectivity index (χ3n) is 5.06. The minimum absolute atomic E-state index is 0.0527. The number of hydrogen-bond acceptors (Lipinski definition) is 4. The molecule has 0 aromatic heterocycles. The van der Waals surface area contributed by atoms with Crippen LogP contribution in [0.2, 0.25) is 5.02 Å². The summed E-state index contributed by atoms with van der Waals surface area (Å²) in [6, 6.07) is 11.7. The lowest BCUT2D eigenvalue weighted by Crippen LogP contribution is -2.51. The molecule has 180 valence electrons. The summed E-state index contributed by atoms with van der Waals surface area (Å²) in [5.74, 6) is -1.62. The van der Waals surface area contributed by atoms with Crippen LogP contribution in [-0.4, -0.2) is 50.5 Å². The summed E-state index contributed by atoms with van der Waals surface area (Å²) in [6.45, 7) is 3.63. The van der Waals surface area contributed by atoms with Crippen LogP contribution in [-0.2, 0) is 26.2 Å². The summed E-state index contributed by atoms with van der Waals surface area (Å²) in [5, 5.41) is 2.54. The molecule has 0 unspecified atom stereocenters. The van der Waals surface area contributed by atoms with Crippen molar-refractivity contribution in [1.29, 1.82) is 0 Å². The van der Waals surface area contributed by atoms with Gasteiger partial charge in [-0.1, -0.05) is 55.3 Å². The van der Waals surface area contributed by atoms with Crippen LogP contribution in [0, 0.1) is 5.82 Å². The molecule has 1 N–H and O–H groups in total. The fourth-order valence-electron chi connectivity index (χ4n) is 3.15. The largest absolute Gasteiger partial charge is 0.354 e. The lowest BCUT2D eigenvalue weighted by atomic mass is 10.1. The minimum Gasteiger partial charge on any atom is -0.354 e. The van der Waals surface area contributed by atoms with Crippen molar-refractivity contribution in [2.45, 2.75) is 39.3 Å². The van der Waals surface area contributed by atoms with E-state index in [1.807, 2.05) is 37.3 Å². The Hall–Kier alpha value is -2.65. The summed E-state index contributed by atoms with van der Waals surface area (Å²) in [4.78, 5) is 27.4. The van der Waals surface area contributed by atoms with Crippen molar-refractivity contribution in [1.82, 2.24) is 10.2 Å². The standard InChI is InChI=1S/C23H29ClFN3O4S/c1-4-5-13-26-23(30)17(2)27(15-18-9-7-6-8-10-18)22(29)16-28(33(3,31)32)19-11-12-21(25)20(24)14-19/h6-12,14,17H,4-5,13,15-16H2,1-3H3,(H,26,30)/t17-/m1/s1. The Morgan fingerprint density at radius 2 is 1.82 bits per heavy atom. The Labute approximate surface area is 199 Å². The first-order valence-corrected chi connectivity index (χ1v) is 12.8. The number of halogens is 2. The van der Waals surface area contributed by atoms with Gasteiger partial charge < -0.3 is 10.2 Å². The van der Waals surface area contributed by atoms with Gasteiger partial charge in [0.1, 0.15) is 18.4 Å². The van der Waals surface area contributed by atoms with Crippen LogP contribution in [0.25, 0.3) is 0 Å². The summed E-state index contributed by atoms with van der Waals surface area (Å²) in [7, 11) is -3.91. The molecule has 0 aliphatic heterocycles. The second-order valence-corrected chi connectivity index (χ2v) is 10.0. The number of anilines is 1. The van der Waals surface area contributed by atoms with Crippen LogP contribution in [0.3, 0.4) is 0 Å². The van der Waals surface area contributed by atoms with Crippen molar-refractivity contribution in [3.05, 3.63) is 64.9 Å². The maximum Gasteiger partial charge on any atom is 0.244 e. The number of rotatable bonds is 11. The average molecular weight is 498 g/mol. The predicted octanol–water partition coefficient (Wildman–Crippen LogP) is 3.58. The van der Waals surface area contributed by atoms with Crippen molar-refractivity contribution in [2.24, 2.45) is 0 Å². The van der Waals surface area contributed by atoms with E-state index in [1.165, 1.54) is 11.0 Å². The number of amides is 2. The van der Waals surface area contributed by atoms with Crippen molar-refractivity contribution >= 4 is 39.1 Å². The quantitative estimate of drug-likeness (QED) is 0.481. The highest BCUT2D eigenvalue weighted by atomic mass is 35.5. The Balaban J connectivity index is 2.34. The van der Waals surface area contributed by atoms with E-state index >= 15 is 0 Å². The molecule has 33 heavy (non-hydrogen) atoms. The molecule has 2 aromatic rings. The van der Waals surface area contributed by atoms with E-state index in [-0.39, 0.29) is 23.2 Å². The molecule has 0 saturated carbocycles. The van der Waals surface area contributed by atoms with Crippen LogP contribution in [0.5, 0.6) is 0 Å². The van der Waals surface area contributed by atoms with E-state index < -0.39 is 34.3 Å². The third kappa shape index (κ3) is 7.71. The van der Waals surface area contributed by atoms with E-state index in [9.17, 15) is 22.4 Å². The first-order chi connectivity index (χ1) is 15.5. The molecule has 2 aromatic carbocycles. The Kier molecular flexibility index (Phi) is 9.67. The highest BCUT2D eigenvalue weighted by Crippen LogP contribution is 2.25. The van der Waals surface area contributed by atoms with Gasteiger partial charge in [0.25, 0.3) is 0 Å². The average Bonchev–Trinajstić information content (AvgIpc) is 2.77.